The van der Waals surface area contributed by atoms with Crippen LogP contribution in [0.5, 0.6) is 0 Å². The highest BCUT2D eigenvalue weighted by Gasteiger charge is 2.23. The maximum absolute atomic E-state index is 5.47. The third-order valence-corrected chi connectivity index (χ3v) is 4.16. The van der Waals surface area contributed by atoms with Crippen LogP contribution in [0.3, 0.4) is 0 Å². The average Bonchev–Trinajstić information content (AvgIpc) is 2.44. The molecule has 0 spiro atoms. The molecule has 0 amide bonds. The molecule has 0 aromatic heterocycles. The van der Waals surface area contributed by atoms with E-state index < -0.39 is 0 Å². The van der Waals surface area contributed by atoms with Gasteiger partial charge in [0, 0.05) is 7.05 Å². The van der Waals surface area contributed by atoms with Crippen molar-refractivity contribution >= 4 is 0 Å². The lowest BCUT2D eigenvalue weighted by atomic mass is 9.86. The minimum atomic E-state index is 0.255. The van der Waals surface area contributed by atoms with Gasteiger partial charge in [0.25, 0.3) is 0 Å². The van der Waals surface area contributed by atoms with Gasteiger partial charge < -0.3 is 9.64 Å². The van der Waals surface area contributed by atoms with Gasteiger partial charge in [-0.2, -0.15) is 0 Å². The number of allylic oxidation sites excluding steroid dienone is 2. The quantitative estimate of drug-likeness (QED) is 0.732. The van der Waals surface area contributed by atoms with Crippen LogP contribution in [0.25, 0.3) is 0 Å². The van der Waals surface area contributed by atoms with Crippen LogP contribution >= 0.6 is 0 Å². The molecule has 19 heavy (non-hydrogen) atoms. The Morgan fingerprint density at radius 2 is 2.21 bits per heavy atom. The van der Waals surface area contributed by atoms with E-state index in [1.54, 1.807) is 7.11 Å². The predicted octanol–water partition coefficient (Wildman–Crippen LogP) is 4.28. The van der Waals surface area contributed by atoms with Crippen LogP contribution in [0.15, 0.2) is 47.4 Å². The predicted molar refractivity (Wildman–Crippen MR) is 82.8 cm³/mol. The zero-order chi connectivity index (χ0) is 14.6. The molecule has 2 atom stereocenters. The summed E-state index contributed by atoms with van der Waals surface area (Å²) in [7, 11) is 3.80. The molecule has 0 heterocycles. The van der Waals surface area contributed by atoms with E-state index in [2.05, 4.69) is 58.4 Å². The number of nitrogens with zero attached hydrogens (tertiary/aromatic N) is 1. The van der Waals surface area contributed by atoms with Crippen LogP contribution in [0.2, 0.25) is 0 Å². The Bertz CT molecular complexity index is 429. The lowest BCUT2D eigenvalue weighted by molar-refractivity contribution is 0.295. The van der Waals surface area contributed by atoms with E-state index in [1.165, 1.54) is 16.7 Å². The van der Waals surface area contributed by atoms with Crippen molar-refractivity contribution in [3.05, 3.63) is 47.4 Å². The van der Waals surface area contributed by atoms with Crippen LogP contribution in [0, 0.1) is 5.92 Å². The molecule has 2 heteroatoms. The monoisotopic (exact) mass is 261 g/mol. The summed E-state index contributed by atoms with van der Waals surface area (Å²) in [6, 6.07) is 0.255. The fraction of sp³-hybridized carbons (Fsp3) is 0.529. The van der Waals surface area contributed by atoms with Crippen LogP contribution < -0.4 is 0 Å². The second-order valence-corrected chi connectivity index (χ2v) is 5.30. The lowest BCUT2D eigenvalue weighted by Crippen LogP contribution is -2.30. The summed E-state index contributed by atoms with van der Waals surface area (Å²) in [5.41, 5.74) is 3.95. The summed E-state index contributed by atoms with van der Waals surface area (Å²) >= 11 is 0. The van der Waals surface area contributed by atoms with Crippen LogP contribution in [-0.4, -0.2) is 25.1 Å². The molecule has 1 rings (SSSR count). The molecule has 0 aliphatic heterocycles. The molecular weight excluding hydrogens is 234 g/mol. The number of rotatable bonds is 5. The number of likely N-dealkylation sites (N-methyl/N-ethyl adjacent to an activating group) is 1. The van der Waals surface area contributed by atoms with Crippen LogP contribution in [0.4, 0.5) is 0 Å². The normalized spacial score (nSPS) is 23.2. The summed E-state index contributed by atoms with van der Waals surface area (Å²) in [5.74, 6) is 1.54. The topological polar surface area (TPSA) is 12.5 Å². The van der Waals surface area contributed by atoms with Gasteiger partial charge in [0.15, 0.2) is 0 Å². The van der Waals surface area contributed by atoms with E-state index in [4.69, 9.17) is 4.74 Å². The molecule has 0 aromatic carbocycles. The van der Waals surface area contributed by atoms with Gasteiger partial charge >= 0.3 is 0 Å². The Balaban J connectivity index is 3.30. The van der Waals surface area contributed by atoms with Gasteiger partial charge in [0.2, 0.25) is 0 Å². The Morgan fingerprint density at radius 3 is 2.68 bits per heavy atom. The lowest BCUT2D eigenvalue weighted by Gasteiger charge is -2.32. The second kappa shape index (κ2) is 6.65. The van der Waals surface area contributed by atoms with Gasteiger partial charge in [-0.15, -0.1) is 0 Å². The summed E-state index contributed by atoms with van der Waals surface area (Å²) in [6.45, 7) is 12.7. The molecule has 0 bridgehead atoms. The Hall–Kier alpha value is -1.44. The molecule has 0 saturated carbocycles. The fourth-order valence-electron chi connectivity index (χ4n) is 2.36. The van der Waals surface area contributed by atoms with E-state index in [-0.39, 0.29) is 6.04 Å². The van der Waals surface area contributed by atoms with Gasteiger partial charge in [0.05, 0.1) is 13.2 Å². The van der Waals surface area contributed by atoms with Gasteiger partial charge in [-0.05, 0) is 49.6 Å². The highest BCUT2D eigenvalue weighted by atomic mass is 16.5. The smallest absolute Gasteiger partial charge is 0.121 e. The van der Waals surface area contributed by atoms with Crippen molar-refractivity contribution in [2.45, 2.75) is 40.2 Å². The molecule has 106 valence electrons. The molecule has 2 nitrogen and oxygen atoms in total. The standard InChI is InChI=1S/C17H27NO/c1-8-12(3)14(5)15-11-17(19-7)13(4)10-16(15)18(6)9-2/h9-12,16H,2,8H2,1,3-7H3/b15-14-. The summed E-state index contributed by atoms with van der Waals surface area (Å²) in [5, 5.41) is 0. The van der Waals surface area contributed by atoms with Crippen molar-refractivity contribution in [1.82, 2.24) is 4.90 Å². The first-order valence-electron chi connectivity index (χ1n) is 6.95. The molecule has 0 radical (unpaired) electrons. The largest absolute Gasteiger partial charge is 0.496 e. The first-order valence-corrected chi connectivity index (χ1v) is 6.95. The van der Waals surface area contributed by atoms with Crippen molar-refractivity contribution in [3.63, 3.8) is 0 Å². The molecular formula is C17H27NO. The van der Waals surface area contributed by atoms with Crippen LogP contribution in [0.1, 0.15) is 34.1 Å². The summed E-state index contributed by atoms with van der Waals surface area (Å²) in [4.78, 5) is 2.15. The Kier molecular flexibility index (Phi) is 5.46. The maximum Gasteiger partial charge on any atom is 0.121 e. The zero-order valence-electron chi connectivity index (χ0n) is 13.2. The zero-order valence-corrected chi connectivity index (χ0v) is 13.2. The summed E-state index contributed by atoms with van der Waals surface area (Å²) in [6.07, 6.45) is 7.46. The molecule has 2 unspecified atom stereocenters. The van der Waals surface area contributed by atoms with Gasteiger partial charge in [-0.1, -0.05) is 32.1 Å². The number of hydrogen-bond donors (Lipinski definition) is 0. The molecule has 0 N–H and O–H groups in total. The van der Waals surface area contributed by atoms with Gasteiger partial charge in [-0.25, -0.2) is 0 Å². The molecule has 1 aliphatic carbocycles. The van der Waals surface area contributed by atoms with Crippen molar-refractivity contribution in [3.8, 4) is 0 Å². The molecule has 1 aliphatic rings. The number of hydrogen-bond acceptors (Lipinski definition) is 2. The van der Waals surface area contributed by atoms with Gasteiger partial charge in [0.1, 0.15) is 5.76 Å². The fourth-order valence-corrected chi connectivity index (χ4v) is 2.36. The second-order valence-electron chi connectivity index (χ2n) is 5.30. The third-order valence-electron chi connectivity index (χ3n) is 4.16. The van der Waals surface area contributed by atoms with Gasteiger partial charge in [-0.3, -0.25) is 0 Å². The average molecular weight is 261 g/mol. The Labute approximate surface area is 118 Å². The van der Waals surface area contributed by atoms with Crippen molar-refractivity contribution in [2.75, 3.05) is 14.2 Å². The SMILES string of the molecule is C=CN(C)C1C=C(C)C(OC)=C/C1=C(\C)C(C)CC. The Morgan fingerprint density at radius 1 is 1.58 bits per heavy atom. The maximum atomic E-state index is 5.47. The summed E-state index contributed by atoms with van der Waals surface area (Å²) < 4.78 is 5.47. The first-order chi connectivity index (χ1) is 8.96. The van der Waals surface area contributed by atoms with Crippen LogP contribution in [-0.2, 0) is 4.74 Å². The van der Waals surface area contributed by atoms with E-state index in [0.29, 0.717) is 5.92 Å². The van der Waals surface area contributed by atoms with Crippen molar-refractivity contribution in [1.29, 1.82) is 0 Å². The minimum absolute atomic E-state index is 0.255. The molecule has 0 saturated heterocycles. The third kappa shape index (κ3) is 3.31. The number of methoxy groups -OCH3 is 1. The highest BCUT2D eigenvalue weighted by molar-refractivity contribution is 5.46. The van der Waals surface area contributed by atoms with E-state index in [9.17, 15) is 0 Å². The molecule has 0 fully saturated rings. The minimum Gasteiger partial charge on any atom is -0.496 e. The van der Waals surface area contributed by atoms with Crippen molar-refractivity contribution in [2.24, 2.45) is 5.92 Å². The number of ether oxygens (including phenoxy) is 1. The van der Waals surface area contributed by atoms with E-state index in [0.717, 1.165) is 12.2 Å². The van der Waals surface area contributed by atoms with Crippen molar-refractivity contribution < 1.29 is 4.74 Å². The first kappa shape index (κ1) is 15.6. The molecule has 0 aromatic rings. The van der Waals surface area contributed by atoms with E-state index >= 15 is 0 Å². The van der Waals surface area contributed by atoms with E-state index in [1.807, 2.05) is 6.20 Å². The highest BCUT2D eigenvalue weighted by Crippen LogP contribution is 2.31.